The van der Waals surface area contributed by atoms with Crippen molar-refractivity contribution in [2.24, 2.45) is 5.73 Å². The molecule has 1 aromatic carbocycles. The SMILES string of the molecule is NCC1CCCCN1C(=O)c1ccccc1Cl. The predicted molar refractivity (Wildman–Crippen MR) is 69.2 cm³/mol. The van der Waals surface area contributed by atoms with Gasteiger partial charge in [-0.1, -0.05) is 23.7 Å². The molecule has 1 saturated heterocycles. The van der Waals surface area contributed by atoms with Crippen LogP contribution in [0.4, 0.5) is 0 Å². The van der Waals surface area contributed by atoms with E-state index in [0.29, 0.717) is 17.1 Å². The van der Waals surface area contributed by atoms with E-state index in [0.717, 1.165) is 25.8 Å². The van der Waals surface area contributed by atoms with Crippen molar-refractivity contribution in [3.63, 3.8) is 0 Å². The van der Waals surface area contributed by atoms with Crippen LogP contribution >= 0.6 is 11.6 Å². The summed E-state index contributed by atoms with van der Waals surface area (Å²) in [6.45, 7) is 1.31. The van der Waals surface area contributed by atoms with Crippen molar-refractivity contribution in [1.29, 1.82) is 0 Å². The number of benzene rings is 1. The molecule has 0 radical (unpaired) electrons. The zero-order valence-electron chi connectivity index (χ0n) is 9.73. The van der Waals surface area contributed by atoms with Crippen LogP contribution in [0.2, 0.25) is 5.02 Å². The van der Waals surface area contributed by atoms with Crippen molar-refractivity contribution in [3.8, 4) is 0 Å². The van der Waals surface area contributed by atoms with Crippen LogP contribution in [-0.4, -0.2) is 29.9 Å². The number of carbonyl (C=O) groups excluding carboxylic acids is 1. The Kier molecular flexibility index (Phi) is 4.02. The first-order chi connectivity index (χ1) is 8.24. The fraction of sp³-hybridized carbons (Fsp3) is 0.462. The molecule has 0 aliphatic carbocycles. The average molecular weight is 253 g/mol. The normalized spacial score (nSPS) is 20.4. The molecule has 0 spiro atoms. The smallest absolute Gasteiger partial charge is 0.255 e. The number of nitrogens with two attached hydrogens (primary N) is 1. The summed E-state index contributed by atoms with van der Waals surface area (Å²) in [5, 5.41) is 0.513. The molecule has 0 aromatic heterocycles. The summed E-state index contributed by atoms with van der Waals surface area (Å²) in [6.07, 6.45) is 3.19. The largest absolute Gasteiger partial charge is 0.334 e. The summed E-state index contributed by atoms with van der Waals surface area (Å²) in [6, 6.07) is 7.34. The molecule has 2 N–H and O–H groups in total. The summed E-state index contributed by atoms with van der Waals surface area (Å²) in [5.41, 5.74) is 6.30. The Balaban J connectivity index is 2.21. The van der Waals surface area contributed by atoms with Crippen LogP contribution in [0.1, 0.15) is 29.6 Å². The quantitative estimate of drug-likeness (QED) is 0.878. The van der Waals surface area contributed by atoms with Gasteiger partial charge in [-0.15, -0.1) is 0 Å². The van der Waals surface area contributed by atoms with Gasteiger partial charge in [0.25, 0.3) is 5.91 Å². The Morgan fingerprint density at radius 2 is 2.18 bits per heavy atom. The standard InChI is InChI=1S/C13H17ClN2O/c14-12-7-2-1-6-11(12)13(17)16-8-4-3-5-10(16)9-15/h1-2,6-7,10H,3-5,8-9,15H2. The van der Waals surface area contributed by atoms with Gasteiger partial charge in [-0.2, -0.15) is 0 Å². The molecule has 3 nitrogen and oxygen atoms in total. The first-order valence-electron chi connectivity index (χ1n) is 5.99. The topological polar surface area (TPSA) is 46.3 Å². The molecular weight excluding hydrogens is 236 g/mol. The Bertz CT molecular complexity index is 408. The van der Waals surface area contributed by atoms with Crippen molar-refractivity contribution >= 4 is 17.5 Å². The molecule has 1 aliphatic rings. The third kappa shape index (κ3) is 2.61. The van der Waals surface area contributed by atoms with Gasteiger partial charge in [0.05, 0.1) is 10.6 Å². The Morgan fingerprint density at radius 3 is 2.88 bits per heavy atom. The van der Waals surface area contributed by atoms with Crippen molar-refractivity contribution in [2.75, 3.05) is 13.1 Å². The lowest BCUT2D eigenvalue weighted by Crippen LogP contribution is -2.47. The number of rotatable bonds is 2. The number of likely N-dealkylation sites (tertiary alicyclic amines) is 1. The molecule has 1 amide bonds. The third-order valence-electron chi connectivity index (χ3n) is 3.26. The molecule has 1 aromatic rings. The molecule has 0 saturated carbocycles. The van der Waals surface area contributed by atoms with E-state index in [1.807, 2.05) is 17.0 Å². The van der Waals surface area contributed by atoms with Crippen LogP contribution in [0.3, 0.4) is 0 Å². The van der Waals surface area contributed by atoms with Crippen molar-refractivity contribution in [2.45, 2.75) is 25.3 Å². The van der Waals surface area contributed by atoms with Crippen LogP contribution in [-0.2, 0) is 0 Å². The fourth-order valence-corrected chi connectivity index (χ4v) is 2.52. The number of nitrogens with zero attached hydrogens (tertiary/aromatic N) is 1. The van der Waals surface area contributed by atoms with E-state index in [1.54, 1.807) is 12.1 Å². The maximum Gasteiger partial charge on any atom is 0.255 e. The summed E-state index contributed by atoms with van der Waals surface area (Å²) in [5.74, 6) is 0.00532. The van der Waals surface area contributed by atoms with Crippen LogP contribution in [0.15, 0.2) is 24.3 Å². The van der Waals surface area contributed by atoms with Crippen molar-refractivity contribution in [3.05, 3.63) is 34.9 Å². The Labute approximate surface area is 107 Å². The Morgan fingerprint density at radius 1 is 1.41 bits per heavy atom. The van der Waals surface area contributed by atoms with E-state index in [1.165, 1.54) is 0 Å². The van der Waals surface area contributed by atoms with Gasteiger partial charge in [0.1, 0.15) is 0 Å². The molecule has 1 aliphatic heterocycles. The van der Waals surface area contributed by atoms with Gasteiger partial charge in [0.15, 0.2) is 0 Å². The van der Waals surface area contributed by atoms with Gasteiger partial charge < -0.3 is 10.6 Å². The van der Waals surface area contributed by atoms with Gasteiger partial charge in [0, 0.05) is 19.1 Å². The van der Waals surface area contributed by atoms with Gasteiger partial charge in [-0.3, -0.25) is 4.79 Å². The average Bonchev–Trinajstić information content (AvgIpc) is 2.38. The molecule has 17 heavy (non-hydrogen) atoms. The van der Waals surface area contributed by atoms with Crippen LogP contribution < -0.4 is 5.73 Å². The molecule has 92 valence electrons. The maximum atomic E-state index is 12.4. The van der Waals surface area contributed by atoms with Crippen molar-refractivity contribution < 1.29 is 4.79 Å². The number of hydrogen-bond acceptors (Lipinski definition) is 2. The van der Waals surface area contributed by atoms with E-state index in [2.05, 4.69) is 0 Å². The van der Waals surface area contributed by atoms with E-state index in [4.69, 9.17) is 17.3 Å². The molecule has 1 fully saturated rings. The summed E-state index contributed by atoms with van der Waals surface area (Å²) >= 11 is 6.05. The van der Waals surface area contributed by atoms with E-state index in [-0.39, 0.29) is 11.9 Å². The minimum Gasteiger partial charge on any atom is -0.334 e. The van der Waals surface area contributed by atoms with E-state index in [9.17, 15) is 4.79 Å². The van der Waals surface area contributed by atoms with E-state index < -0.39 is 0 Å². The van der Waals surface area contributed by atoms with Crippen LogP contribution in [0.25, 0.3) is 0 Å². The second kappa shape index (κ2) is 5.52. The highest BCUT2D eigenvalue weighted by atomic mass is 35.5. The molecule has 0 bridgehead atoms. The van der Waals surface area contributed by atoms with Crippen LogP contribution in [0.5, 0.6) is 0 Å². The molecular formula is C13H17ClN2O. The number of piperidine rings is 1. The third-order valence-corrected chi connectivity index (χ3v) is 3.59. The lowest BCUT2D eigenvalue weighted by atomic mass is 10.0. The minimum atomic E-state index is 0.00532. The van der Waals surface area contributed by atoms with Gasteiger partial charge in [0.2, 0.25) is 0 Å². The highest BCUT2D eigenvalue weighted by Crippen LogP contribution is 2.22. The molecule has 2 rings (SSSR count). The maximum absolute atomic E-state index is 12.4. The molecule has 1 unspecified atom stereocenters. The first-order valence-corrected chi connectivity index (χ1v) is 6.37. The Hall–Kier alpha value is -1.06. The lowest BCUT2D eigenvalue weighted by molar-refractivity contribution is 0.0623. The van der Waals surface area contributed by atoms with Gasteiger partial charge in [-0.25, -0.2) is 0 Å². The zero-order valence-corrected chi connectivity index (χ0v) is 10.5. The number of hydrogen-bond donors (Lipinski definition) is 1. The second-order valence-corrected chi connectivity index (χ2v) is 4.77. The highest BCUT2D eigenvalue weighted by Gasteiger charge is 2.27. The fourth-order valence-electron chi connectivity index (χ4n) is 2.30. The van der Waals surface area contributed by atoms with Gasteiger partial charge in [-0.05, 0) is 31.4 Å². The number of halogens is 1. The molecule has 1 heterocycles. The zero-order chi connectivity index (χ0) is 12.3. The van der Waals surface area contributed by atoms with E-state index >= 15 is 0 Å². The number of carbonyl (C=O) groups is 1. The van der Waals surface area contributed by atoms with Crippen LogP contribution in [0, 0.1) is 0 Å². The molecule has 4 heteroatoms. The van der Waals surface area contributed by atoms with Gasteiger partial charge >= 0.3 is 0 Å². The predicted octanol–water partition coefficient (Wildman–Crippen LogP) is 2.29. The number of amides is 1. The minimum absolute atomic E-state index is 0.00532. The molecule has 1 atom stereocenters. The summed E-state index contributed by atoms with van der Waals surface area (Å²) in [4.78, 5) is 14.2. The first kappa shape index (κ1) is 12.4. The summed E-state index contributed by atoms with van der Waals surface area (Å²) < 4.78 is 0. The van der Waals surface area contributed by atoms with Crippen molar-refractivity contribution in [1.82, 2.24) is 4.90 Å². The highest BCUT2D eigenvalue weighted by molar-refractivity contribution is 6.33. The lowest BCUT2D eigenvalue weighted by Gasteiger charge is -2.35. The second-order valence-electron chi connectivity index (χ2n) is 4.36. The monoisotopic (exact) mass is 252 g/mol. The summed E-state index contributed by atoms with van der Waals surface area (Å²) in [7, 11) is 0.